The van der Waals surface area contributed by atoms with Crippen molar-refractivity contribution in [1.29, 1.82) is 0 Å². The zero-order valence-corrected chi connectivity index (χ0v) is 17.3. The molecular formula is C22H27ClN2O3. The number of anilines is 1. The minimum atomic E-state index is -0.305. The summed E-state index contributed by atoms with van der Waals surface area (Å²) in [7, 11) is 0. The van der Waals surface area contributed by atoms with Crippen LogP contribution in [0.25, 0.3) is 0 Å². The SMILES string of the molecule is CCCCCOc1ccc(C(=O)Nc2cc(C(=O)NC(C)C)ccc2Cl)cc1. The summed E-state index contributed by atoms with van der Waals surface area (Å²) in [6.45, 7) is 6.58. The molecule has 2 aromatic rings. The lowest BCUT2D eigenvalue weighted by atomic mass is 10.1. The highest BCUT2D eigenvalue weighted by Crippen LogP contribution is 2.24. The number of carbonyl (C=O) groups excluding carboxylic acids is 2. The van der Waals surface area contributed by atoms with Crippen LogP contribution in [-0.4, -0.2) is 24.5 Å². The summed E-state index contributed by atoms with van der Waals surface area (Å²) in [4.78, 5) is 24.7. The fourth-order valence-corrected chi connectivity index (χ4v) is 2.71. The number of hydrogen-bond donors (Lipinski definition) is 2. The third-order valence-corrected chi connectivity index (χ3v) is 4.36. The summed E-state index contributed by atoms with van der Waals surface area (Å²) >= 11 is 6.18. The van der Waals surface area contributed by atoms with Gasteiger partial charge in [0.2, 0.25) is 0 Å². The first-order valence-corrected chi connectivity index (χ1v) is 9.93. The minimum Gasteiger partial charge on any atom is -0.494 e. The number of nitrogens with one attached hydrogen (secondary N) is 2. The lowest BCUT2D eigenvalue weighted by Crippen LogP contribution is -2.30. The summed E-state index contributed by atoms with van der Waals surface area (Å²) in [5.74, 6) is 0.214. The molecule has 0 atom stereocenters. The van der Waals surface area contributed by atoms with E-state index in [9.17, 15) is 9.59 Å². The van der Waals surface area contributed by atoms with Gasteiger partial charge in [0.15, 0.2) is 0 Å². The van der Waals surface area contributed by atoms with Crippen LogP contribution in [0.1, 0.15) is 60.7 Å². The molecular weight excluding hydrogens is 376 g/mol. The van der Waals surface area contributed by atoms with Gasteiger partial charge >= 0.3 is 0 Å². The molecule has 150 valence electrons. The molecule has 0 saturated heterocycles. The fraction of sp³-hybridized carbons (Fsp3) is 0.364. The first kappa shape index (κ1) is 21.8. The monoisotopic (exact) mass is 402 g/mol. The van der Waals surface area contributed by atoms with Crippen LogP contribution in [0.5, 0.6) is 5.75 Å². The molecule has 2 rings (SSSR count). The molecule has 2 aromatic carbocycles. The van der Waals surface area contributed by atoms with Crippen molar-refractivity contribution in [3.05, 3.63) is 58.6 Å². The van der Waals surface area contributed by atoms with Crippen molar-refractivity contribution in [2.75, 3.05) is 11.9 Å². The standard InChI is InChI=1S/C22H27ClN2O3/c1-4-5-6-13-28-18-10-7-16(8-11-18)21(26)25-20-14-17(9-12-19(20)23)22(27)24-15(2)3/h7-12,14-15H,4-6,13H2,1-3H3,(H,24,27)(H,25,26). The number of rotatable bonds is 9. The Morgan fingerprint density at radius 3 is 2.32 bits per heavy atom. The number of ether oxygens (including phenoxy) is 1. The zero-order chi connectivity index (χ0) is 20.5. The van der Waals surface area contributed by atoms with Gasteiger partial charge in [-0.3, -0.25) is 9.59 Å². The second-order valence-corrected chi connectivity index (χ2v) is 7.26. The van der Waals surface area contributed by atoms with E-state index in [1.54, 1.807) is 42.5 Å². The van der Waals surface area contributed by atoms with Crippen LogP contribution in [0.15, 0.2) is 42.5 Å². The third-order valence-electron chi connectivity index (χ3n) is 4.03. The maximum atomic E-state index is 12.5. The quantitative estimate of drug-likeness (QED) is 0.559. The van der Waals surface area contributed by atoms with E-state index in [4.69, 9.17) is 16.3 Å². The van der Waals surface area contributed by atoms with Crippen LogP contribution in [0, 0.1) is 0 Å². The van der Waals surface area contributed by atoms with Gasteiger partial charge in [-0.1, -0.05) is 31.4 Å². The zero-order valence-electron chi connectivity index (χ0n) is 16.5. The Hall–Kier alpha value is -2.53. The number of halogens is 1. The van der Waals surface area contributed by atoms with Crippen molar-refractivity contribution in [3.8, 4) is 5.75 Å². The van der Waals surface area contributed by atoms with Gasteiger partial charge in [0.05, 0.1) is 17.3 Å². The van der Waals surface area contributed by atoms with Gasteiger partial charge < -0.3 is 15.4 Å². The molecule has 0 radical (unpaired) electrons. The largest absolute Gasteiger partial charge is 0.494 e. The molecule has 28 heavy (non-hydrogen) atoms. The van der Waals surface area contributed by atoms with E-state index >= 15 is 0 Å². The summed E-state index contributed by atoms with van der Waals surface area (Å²) in [6.07, 6.45) is 3.29. The maximum absolute atomic E-state index is 12.5. The Labute approximate surface area is 171 Å². The second kappa shape index (κ2) is 10.7. The van der Waals surface area contributed by atoms with Crippen molar-refractivity contribution >= 4 is 29.1 Å². The number of benzene rings is 2. The third kappa shape index (κ3) is 6.57. The molecule has 5 nitrogen and oxygen atoms in total. The highest BCUT2D eigenvalue weighted by atomic mass is 35.5. The average molecular weight is 403 g/mol. The summed E-state index contributed by atoms with van der Waals surface area (Å²) in [5, 5.41) is 5.94. The number of hydrogen-bond acceptors (Lipinski definition) is 3. The van der Waals surface area contributed by atoms with E-state index in [0.29, 0.717) is 28.4 Å². The van der Waals surface area contributed by atoms with E-state index in [1.807, 2.05) is 13.8 Å². The topological polar surface area (TPSA) is 67.4 Å². The number of carbonyl (C=O) groups is 2. The van der Waals surface area contributed by atoms with E-state index in [2.05, 4.69) is 17.6 Å². The summed E-state index contributed by atoms with van der Waals surface area (Å²) in [6, 6.07) is 11.8. The molecule has 0 aliphatic carbocycles. The molecule has 6 heteroatoms. The molecule has 0 aliphatic heterocycles. The molecule has 0 heterocycles. The molecule has 0 aliphatic rings. The van der Waals surface area contributed by atoms with Gasteiger partial charge in [-0.2, -0.15) is 0 Å². The van der Waals surface area contributed by atoms with Crippen LogP contribution < -0.4 is 15.4 Å². The fourth-order valence-electron chi connectivity index (χ4n) is 2.55. The van der Waals surface area contributed by atoms with Crippen LogP contribution in [0.4, 0.5) is 5.69 Å². The number of unbranched alkanes of at least 4 members (excludes halogenated alkanes) is 2. The van der Waals surface area contributed by atoms with Crippen LogP contribution >= 0.6 is 11.6 Å². The molecule has 0 spiro atoms. The van der Waals surface area contributed by atoms with E-state index in [1.165, 1.54) is 0 Å². The van der Waals surface area contributed by atoms with Crippen LogP contribution in [0.3, 0.4) is 0 Å². The molecule has 0 unspecified atom stereocenters. The highest BCUT2D eigenvalue weighted by Gasteiger charge is 2.13. The van der Waals surface area contributed by atoms with Crippen molar-refractivity contribution in [3.63, 3.8) is 0 Å². The first-order valence-electron chi connectivity index (χ1n) is 9.55. The van der Waals surface area contributed by atoms with E-state index in [-0.39, 0.29) is 17.9 Å². The van der Waals surface area contributed by atoms with Crippen molar-refractivity contribution in [2.45, 2.75) is 46.1 Å². The predicted octanol–water partition coefficient (Wildman–Crippen LogP) is 5.30. The van der Waals surface area contributed by atoms with Gasteiger partial charge in [0.1, 0.15) is 5.75 Å². The Bertz CT molecular complexity index is 804. The van der Waals surface area contributed by atoms with Crippen molar-refractivity contribution in [2.24, 2.45) is 0 Å². The molecule has 2 amide bonds. The predicted molar refractivity (Wildman–Crippen MR) is 113 cm³/mol. The Morgan fingerprint density at radius 2 is 1.68 bits per heavy atom. The Kier molecular flexibility index (Phi) is 8.33. The van der Waals surface area contributed by atoms with Gasteiger partial charge in [-0.25, -0.2) is 0 Å². The summed E-state index contributed by atoms with van der Waals surface area (Å²) < 4.78 is 5.66. The van der Waals surface area contributed by atoms with Crippen LogP contribution in [0.2, 0.25) is 5.02 Å². The molecule has 0 saturated carbocycles. The Morgan fingerprint density at radius 1 is 1.00 bits per heavy atom. The van der Waals surface area contributed by atoms with E-state index < -0.39 is 0 Å². The number of amides is 2. The van der Waals surface area contributed by atoms with Crippen LogP contribution in [-0.2, 0) is 0 Å². The van der Waals surface area contributed by atoms with E-state index in [0.717, 1.165) is 25.0 Å². The summed E-state index contributed by atoms with van der Waals surface area (Å²) in [5.41, 5.74) is 1.31. The molecule has 2 N–H and O–H groups in total. The molecule has 0 aromatic heterocycles. The normalized spacial score (nSPS) is 10.6. The first-order chi connectivity index (χ1) is 13.4. The van der Waals surface area contributed by atoms with Crippen molar-refractivity contribution in [1.82, 2.24) is 5.32 Å². The van der Waals surface area contributed by atoms with Gasteiger partial charge in [0.25, 0.3) is 11.8 Å². The lowest BCUT2D eigenvalue weighted by Gasteiger charge is -2.12. The van der Waals surface area contributed by atoms with Gasteiger partial charge in [-0.15, -0.1) is 0 Å². The molecule has 0 fully saturated rings. The average Bonchev–Trinajstić information content (AvgIpc) is 2.67. The van der Waals surface area contributed by atoms with Gasteiger partial charge in [0, 0.05) is 17.2 Å². The highest BCUT2D eigenvalue weighted by molar-refractivity contribution is 6.34. The second-order valence-electron chi connectivity index (χ2n) is 6.86. The van der Waals surface area contributed by atoms with Crippen molar-refractivity contribution < 1.29 is 14.3 Å². The minimum absolute atomic E-state index is 0.0175. The Balaban J connectivity index is 2.03. The maximum Gasteiger partial charge on any atom is 0.255 e. The van der Waals surface area contributed by atoms with Gasteiger partial charge in [-0.05, 0) is 62.7 Å². The lowest BCUT2D eigenvalue weighted by molar-refractivity contribution is 0.0941. The molecule has 0 bridgehead atoms. The smallest absolute Gasteiger partial charge is 0.255 e.